The van der Waals surface area contributed by atoms with Gasteiger partial charge in [0.05, 0.1) is 17.9 Å². The van der Waals surface area contributed by atoms with Gasteiger partial charge in [0.2, 0.25) is 5.91 Å². The zero-order valence-corrected chi connectivity index (χ0v) is 18.7. The number of aryl methyl sites for hydroxylation is 4. The van der Waals surface area contributed by atoms with E-state index < -0.39 is 0 Å². The molecule has 3 rings (SSSR count). The summed E-state index contributed by atoms with van der Waals surface area (Å²) in [5.41, 5.74) is 5.85. The van der Waals surface area contributed by atoms with Gasteiger partial charge in [-0.05, 0) is 50.5 Å². The molecule has 1 heterocycles. The third kappa shape index (κ3) is 6.04. The molecule has 2 amide bonds. The molecule has 6 nitrogen and oxygen atoms in total. The Morgan fingerprint density at radius 2 is 1.71 bits per heavy atom. The van der Waals surface area contributed by atoms with Crippen LogP contribution in [0.25, 0.3) is 11.3 Å². The van der Waals surface area contributed by atoms with Crippen molar-refractivity contribution >= 4 is 11.8 Å². The van der Waals surface area contributed by atoms with E-state index in [1.165, 1.54) is 0 Å². The fraction of sp³-hybridized carbons (Fsp3) is 0.320. The Hall–Kier alpha value is -3.41. The molecule has 0 spiro atoms. The number of rotatable bonds is 8. The molecule has 3 aromatic rings. The lowest BCUT2D eigenvalue weighted by Gasteiger charge is -2.17. The van der Waals surface area contributed by atoms with Gasteiger partial charge in [-0.25, -0.2) is 0 Å². The molecule has 0 atom stereocenters. The second-order valence-corrected chi connectivity index (χ2v) is 7.99. The van der Waals surface area contributed by atoms with Crippen LogP contribution in [0.3, 0.4) is 0 Å². The van der Waals surface area contributed by atoms with Gasteiger partial charge in [-0.3, -0.25) is 14.3 Å². The number of nitrogens with zero attached hydrogens (tertiary/aromatic N) is 3. The van der Waals surface area contributed by atoms with Crippen LogP contribution in [0.2, 0.25) is 0 Å². The average molecular weight is 419 g/mol. The van der Waals surface area contributed by atoms with E-state index in [4.69, 9.17) is 0 Å². The van der Waals surface area contributed by atoms with E-state index >= 15 is 0 Å². The number of aromatic nitrogens is 2. The lowest BCUT2D eigenvalue weighted by molar-refractivity contribution is -0.128. The molecule has 0 fully saturated rings. The average Bonchev–Trinajstić information content (AvgIpc) is 3.11. The van der Waals surface area contributed by atoms with Crippen molar-refractivity contribution in [3.8, 4) is 11.3 Å². The maximum atomic E-state index is 12.4. The number of likely N-dealkylation sites (N-methyl/N-ethyl adjacent to an activating group) is 1. The molecule has 162 valence electrons. The highest BCUT2D eigenvalue weighted by molar-refractivity contribution is 5.96. The lowest BCUT2D eigenvalue weighted by atomic mass is 10.1. The van der Waals surface area contributed by atoms with Crippen LogP contribution < -0.4 is 5.32 Å². The Morgan fingerprint density at radius 1 is 1.03 bits per heavy atom. The third-order valence-electron chi connectivity index (χ3n) is 5.24. The van der Waals surface area contributed by atoms with Crippen LogP contribution in [0.1, 0.15) is 33.6 Å². The summed E-state index contributed by atoms with van der Waals surface area (Å²) in [4.78, 5) is 26.4. The summed E-state index contributed by atoms with van der Waals surface area (Å²) in [6.07, 6.45) is 1.59. The minimum absolute atomic E-state index is 0.00986. The van der Waals surface area contributed by atoms with Crippen molar-refractivity contribution in [2.75, 3.05) is 20.1 Å². The van der Waals surface area contributed by atoms with Crippen molar-refractivity contribution in [3.63, 3.8) is 0 Å². The molecule has 1 N–H and O–H groups in total. The first kappa shape index (κ1) is 22.3. The number of amides is 2. The first-order valence-corrected chi connectivity index (χ1v) is 10.5. The molecular formula is C25H30N4O2. The van der Waals surface area contributed by atoms with E-state index in [2.05, 4.69) is 28.6 Å². The van der Waals surface area contributed by atoms with Gasteiger partial charge in [0.25, 0.3) is 5.91 Å². The van der Waals surface area contributed by atoms with Crippen molar-refractivity contribution in [1.82, 2.24) is 20.0 Å². The molecule has 0 bridgehead atoms. The number of hydrogen-bond acceptors (Lipinski definition) is 3. The first-order valence-electron chi connectivity index (χ1n) is 10.5. The number of benzene rings is 2. The van der Waals surface area contributed by atoms with E-state index in [9.17, 15) is 9.59 Å². The zero-order chi connectivity index (χ0) is 22.4. The van der Waals surface area contributed by atoms with Gasteiger partial charge in [0.15, 0.2) is 0 Å². The second kappa shape index (κ2) is 10.1. The third-order valence-corrected chi connectivity index (χ3v) is 5.24. The molecule has 0 aliphatic carbocycles. The normalized spacial score (nSPS) is 10.7. The van der Waals surface area contributed by atoms with E-state index in [0.717, 1.165) is 40.9 Å². The molecule has 2 aromatic carbocycles. The summed E-state index contributed by atoms with van der Waals surface area (Å²) in [5.74, 6) is -0.334. The summed E-state index contributed by atoms with van der Waals surface area (Å²) < 4.78 is 1.89. The minimum Gasteiger partial charge on any atom is -0.344 e. The van der Waals surface area contributed by atoms with Gasteiger partial charge in [-0.2, -0.15) is 5.10 Å². The minimum atomic E-state index is -0.226. The van der Waals surface area contributed by atoms with Gasteiger partial charge >= 0.3 is 0 Å². The first-order chi connectivity index (χ1) is 14.8. The smallest absolute Gasteiger partial charge is 0.251 e. The van der Waals surface area contributed by atoms with Crippen molar-refractivity contribution in [1.29, 1.82) is 0 Å². The monoisotopic (exact) mass is 418 g/mol. The van der Waals surface area contributed by atoms with Gasteiger partial charge < -0.3 is 10.2 Å². The number of carbonyl (C=O) groups excluding carboxylic acids is 2. The fourth-order valence-electron chi connectivity index (χ4n) is 3.65. The molecule has 0 aliphatic rings. The Bertz CT molecular complexity index is 1040. The predicted molar refractivity (Wildman–Crippen MR) is 123 cm³/mol. The molecule has 0 aliphatic heterocycles. The van der Waals surface area contributed by atoms with E-state index in [-0.39, 0.29) is 18.4 Å². The largest absolute Gasteiger partial charge is 0.344 e. The van der Waals surface area contributed by atoms with Crippen LogP contribution in [-0.4, -0.2) is 46.6 Å². The second-order valence-electron chi connectivity index (χ2n) is 7.99. The van der Waals surface area contributed by atoms with Gasteiger partial charge in [-0.15, -0.1) is 0 Å². The van der Waals surface area contributed by atoms with Crippen LogP contribution in [0.5, 0.6) is 0 Å². The standard InChI is InChI=1S/C25H30N4O2/c1-18-13-19(2)15-21(14-18)25(31)26-17-24(30)28(3)12-8-11-22-16-23(29(4)27-22)20-9-6-5-7-10-20/h5-7,9-10,13-16H,8,11-12,17H2,1-4H3,(H,26,31). The number of hydrogen-bond donors (Lipinski definition) is 1. The van der Waals surface area contributed by atoms with Crippen LogP contribution in [0.15, 0.2) is 54.6 Å². The quantitative estimate of drug-likeness (QED) is 0.609. The molecule has 31 heavy (non-hydrogen) atoms. The topological polar surface area (TPSA) is 67.2 Å². The van der Waals surface area contributed by atoms with Crippen molar-refractivity contribution in [2.45, 2.75) is 26.7 Å². The predicted octanol–water partition coefficient (Wildman–Crippen LogP) is 3.52. The molecular weight excluding hydrogens is 388 g/mol. The Labute approximate surface area is 183 Å². The van der Waals surface area contributed by atoms with Crippen LogP contribution >= 0.6 is 0 Å². The summed E-state index contributed by atoms with van der Waals surface area (Å²) in [7, 11) is 3.71. The van der Waals surface area contributed by atoms with Crippen LogP contribution in [0, 0.1) is 13.8 Å². The van der Waals surface area contributed by atoms with Crippen LogP contribution in [-0.2, 0) is 18.3 Å². The van der Waals surface area contributed by atoms with Gasteiger partial charge in [0.1, 0.15) is 0 Å². The number of carbonyl (C=O) groups is 2. The van der Waals surface area contributed by atoms with Gasteiger partial charge in [0, 0.05) is 26.2 Å². The SMILES string of the molecule is Cc1cc(C)cc(C(=O)NCC(=O)N(C)CCCc2cc(-c3ccccc3)n(C)n2)c1. The van der Waals surface area contributed by atoms with Gasteiger partial charge in [-0.1, -0.05) is 47.5 Å². The summed E-state index contributed by atoms with van der Waals surface area (Å²) in [6, 6.07) is 17.9. The molecule has 0 unspecified atom stereocenters. The highest BCUT2D eigenvalue weighted by Crippen LogP contribution is 2.20. The summed E-state index contributed by atoms with van der Waals surface area (Å²) in [6.45, 7) is 4.50. The van der Waals surface area contributed by atoms with Crippen molar-refractivity contribution in [3.05, 3.63) is 77.0 Å². The molecule has 6 heteroatoms. The van der Waals surface area contributed by atoms with Crippen molar-refractivity contribution < 1.29 is 9.59 Å². The van der Waals surface area contributed by atoms with Crippen LogP contribution in [0.4, 0.5) is 0 Å². The van der Waals surface area contributed by atoms with E-state index in [0.29, 0.717) is 12.1 Å². The van der Waals surface area contributed by atoms with E-state index in [1.54, 1.807) is 11.9 Å². The maximum Gasteiger partial charge on any atom is 0.251 e. The van der Waals surface area contributed by atoms with Crippen molar-refractivity contribution in [2.24, 2.45) is 7.05 Å². The summed E-state index contributed by atoms with van der Waals surface area (Å²) in [5, 5.41) is 7.32. The zero-order valence-electron chi connectivity index (χ0n) is 18.7. The Balaban J connectivity index is 1.46. The molecule has 0 saturated heterocycles. The molecule has 1 aromatic heterocycles. The highest BCUT2D eigenvalue weighted by atomic mass is 16.2. The molecule has 0 radical (unpaired) electrons. The molecule has 0 saturated carbocycles. The Kier molecular flexibility index (Phi) is 7.23. The van der Waals surface area contributed by atoms with E-state index in [1.807, 2.05) is 62.0 Å². The summed E-state index contributed by atoms with van der Waals surface area (Å²) >= 11 is 0. The highest BCUT2D eigenvalue weighted by Gasteiger charge is 2.13. The maximum absolute atomic E-state index is 12.4. The Morgan fingerprint density at radius 3 is 2.39 bits per heavy atom. The number of nitrogens with one attached hydrogen (secondary N) is 1. The fourth-order valence-corrected chi connectivity index (χ4v) is 3.65. The lowest BCUT2D eigenvalue weighted by Crippen LogP contribution is -2.38.